The van der Waals surface area contributed by atoms with E-state index in [-0.39, 0.29) is 28.6 Å². The number of fused-ring (bicyclic) bond motifs is 6. The first-order valence-electron chi connectivity index (χ1n) is 24.7. The molecule has 0 atom stereocenters. The van der Waals surface area contributed by atoms with Crippen molar-refractivity contribution >= 4 is 43.6 Å². The average Bonchev–Trinajstić information content (AvgIpc) is 4.22. The van der Waals surface area contributed by atoms with Crippen molar-refractivity contribution in [3.8, 4) is 97.4 Å². The van der Waals surface area contributed by atoms with Gasteiger partial charge in [0.15, 0.2) is 0 Å². The zero-order chi connectivity index (χ0) is 55.6. The van der Waals surface area contributed by atoms with E-state index in [9.17, 15) is 39.5 Å². The quantitative estimate of drug-likeness (QED) is 0.147. The van der Waals surface area contributed by atoms with Gasteiger partial charge < -0.3 is 9.13 Å². The van der Waals surface area contributed by atoms with Gasteiger partial charge in [0.1, 0.15) is 0 Å². The van der Waals surface area contributed by atoms with Gasteiger partial charge in [0.25, 0.3) is 0 Å². The Morgan fingerprint density at radius 1 is 0.287 bits per heavy atom. The van der Waals surface area contributed by atoms with Crippen molar-refractivity contribution in [1.29, 1.82) is 26.3 Å². The van der Waals surface area contributed by atoms with E-state index in [0.29, 0.717) is 116 Å². The van der Waals surface area contributed by atoms with Crippen molar-refractivity contribution in [2.24, 2.45) is 0 Å². The van der Waals surface area contributed by atoms with Gasteiger partial charge in [0.2, 0.25) is 0 Å². The van der Waals surface area contributed by atoms with E-state index in [1.165, 1.54) is 12.1 Å². The highest BCUT2D eigenvalue weighted by Crippen LogP contribution is 2.47. The molecular weight excluding hydrogens is 1020 g/mol. The van der Waals surface area contributed by atoms with Gasteiger partial charge in [-0.1, -0.05) is 127 Å². The fraction of sp³-hybridized carbons (Fsp3) is 0.0299. The summed E-state index contributed by atoms with van der Waals surface area (Å²) in [4.78, 5) is 0. The van der Waals surface area contributed by atoms with Gasteiger partial charge in [-0.15, -0.1) is 0 Å². The maximum Gasteiger partial charge on any atom is 0.417 e. The van der Waals surface area contributed by atoms with E-state index in [2.05, 4.69) is 30.3 Å². The molecule has 12 rings (SSSR count). The third kappa shape index (κ3) is 8.21. The summed E-state index contributed by atoms with van der Waals surface area (Å²) in [6.45, 7) is 0. The van der Waals surface area contributed by atoms with E-state index in [1.807, 2.05) is 94.1 Å². The fourth-order valence-electron chi connectivity index (χ4n) is 11.0. The van der Waals surface area contributed by atoms with Crippen LogP contribution in [0.3, 0.4) is 0 Å². The maximum atomic E-state index is 15.4. The molecule has 13 heteroatoms. The molecule has 0 fully saturated rings. The lowest BCUT2D eigenvalue weighted by Gasteiger charge is -2.22. The Kier molecular flexibility index (Phi) is 11.9. The lowest BCUT2D eigenvalue weighted by atomic mass is 9.92. The number of nitriles is 5. The van der Waals surface area contributed by atoms with Crippen molar-refractivity contribution in [2.45, 2.75) is 12.4 Å². The van der Waals surface area contributed by atoms with Crippen LogP contribution < -0.4 is 0 Å². The van der Waals surface area contributed by atoms with Crippen molar-refractivity contribution in [3.05, 3.63) is 239 Å². The Bertz CT molecular complexity index is 4600. The number of nitrogens with zero attached hydrogens (tertiary/aromatic N) is 7. The minimum atomic E-state index is -5.33. The molecule has 0 N–H and O–H groups in total. The number of halogens is 6. The number of alkyl halides is 6. The number of hydrogen-bond acceptors (Lipinski definition) is 5. The van der Waals surface area contributed by atoms with Crippen LogP contribution in [0.2, 0.25) is 0 Å². The van der Waals surface area contributed by atoms with Crippen LogP contribution in [0.1, 0.15) is 38.9 Å². The summed E-state index contributed by atoms with van der Waals surface area (Å²) >= 11 is 0. The van der Waals surface area contributed by atoms with Crippen LogP contribution in [0, 0.1) is 56.7 Å². The molecule has 7 nitrogen and oxygen atoms in total. The Labute approximate surface area is 452 Å². The fourth-order valence-corrected chi connectivity index (χ4v) is 11.0. The van der Waals surface area contributed by atoms with E-state index in [1.54, 1.807) is 84.9 Å². The van der Waals surface area contributed by atoms with E-state index >= 15 is 13.2 Å². The molecular formula is C67H33F6N7. The highest BCUT2D eigenvalue weighted by atomic mass is 19.4. The van der Waals surface area contributed by atoms with Crippen LogP contribution in [0.5, 0.6) is 0 Å². The first-order chi connectivity index (χ1) is 38.7. The van der Waals surface area contributed by atoms with Crippen LogP contribution in [-0.2, 0) is 12.4 Å². The summed E-state index contributed by atoms with van der Waals surface area (Å²) in [5, 5.41) is 55.2. The summed E-state index contributed by atoms with van der Waals surface area (Å²) < 4.78 is 93.0. The van der Waals surface area contributed by atoms with Gasteiger partial charge in [-0.05, 0) is 123 Å². The molecule has 0 aliphatic carbocycles. The molecule has 0 aliphatic rings. The second-order valence-electron chi connectivity index (χ2n) is 19.0. The van der Waals surface area contributed by atoms with E-state index < -0.39 is 29.0 Å². The predicted octanol–water partition coefficient (Wildman–Crippen LogP) is 17.6. The summed E-state index contributed by atoms with van der Waals surface area (Å²) in [6, 6.07) is 66.0. The first kappa shape index (κ1) is 49.7. The Morgan fingerprint density at radius 2 is 0.613 bits per heavy atom. The number of rotatable bonds is 7. The zero-order valence-corrected chi connectivity index (χ0v) is 41.5. The third-order valence-electron chi connectivity index (χ3n) is 14.6. The Balaban J connectivity index is 1.30. The smallest absolute Gasteiger partial charge is 0.307 e. The van der Waals surface area contributed by atoms with Crippen LogP contribution in [0.15, 0.2) is 200 Å². The lowest BCUT2D eigenvalue weighted by Crippen LogP contribution is -2.13. The van der Waals surface area contributed by atoms with E-state index in [4.69, 9.17) is 0 Å². The SMILES string of the molecule is N#Cc1ccccc1-c1ccc2c3ccc(-c4ccccc4C#N)cc3n(-c3cc(C#N)c(-c4ccc(C(F)(F)F)cc4C(F)(F)F)cc3-n3c4cc(-c5ccccc5C#N)ccc4c4ccc(-c5ccccc5C#N)cc43)c2c1. The summed E-state index contributed by atoms with van der Waals surface area (Å²) in [7, 11) is 0. The van der Waals surface area contributed by atoms with E-state index in [0.717, 1.165) is 6.07 Å². The van der Waals surface area contributed by atoms with Crippen molar-refractivity contribution in [1.82, 2.24) is 9.13 Å². The van der Waals surface area contributed by atoms with Crippen molar-refractivity contribution in [3.63, 3.8) is 0 Å². The molecule has 0 saturated carbocycles. The molecule has 0 unspecified atom stereocenters. The Morgan fingerprint density at radius 3 is 0.925 bits per heavy atom. The van der Waals surface area contributed by atoms with Gasteiger partial charge in [-0.25, -0.2) is 0 Å². The van der Waals surface area contributed by atoms with Gasteiger partial charge >= 0.3 is 12.4 Å². The topological polar surface area (TPSA) is 129 Å². The number of aromatic nitrogens is 2. The monoisotopic (exact) mass is 1050 g/mol. The van der Waals surface area contributed by atoms with Gasteiger partial charge in [0, 0.05) is 27.1 Å². The van der Waals surface area contributed by atoms with Crippen molar-refractivity contribution in [2.75, 3.05) is 0 Å². The summed E-state index contributed by atoms with van der Waals surface area (Å²) in [5.41, 5.74) is 4.31. The molecule has 2 heterocycles. The molecule has 80 heavy (non-hydrogen) atoms. The normalized spacial score (nSPS) is 11.6. The van der Waals surface area contributed by atoms with Crippen LogP contribution in [-0.4, -0.2) is 9.13 Å². The van der Waals surface area contributed by atoms with Gasteiger partial charge in [-0.3, -0.25) is 0 Å². The highest BCUT2D eigenvalue weighted by Gasteiger charge is 2.39. The standard InChI is InChI=1S/C67H33F6N7/c68-66(69,70)48-21-26-53(59(32-48)67(71,72)73)58-33-65(80-62-29-41(51-15-7-3-11-45(51)36-76)19-24-56(62)57-25-20-42(30-63(57)80)52-16-8-4-12-46(52)37-77)64(31-47(58)38-78)79-60-27-39(49-13-5-1-9-43(49)34-74)17-22-54(60)55-23-18-40(28-61(55)79)50-14-6-2-10-44(50)35-75/h1-33H. The van der Waals surface area contributed by atoms with Crippen molar-refractivity contribution < 1.29 is 26.3 Å². The maximum absolute atomic E-state index is 15.4. The number of hydrogen-bond donors (Lipinski definition) is 0. The average molecular weight is 1050 g/mol. The molecule has 0 aliphatic heterocycles. The largest absolute Gasteiger partial charge is 0.417 e. The first-order valence-corrected chi connectivity index (χ1v) is 24.7. The zero-order valence-electron chi connectivity index (χ0n) is 41.5. The molecule has 378 valence electrons. The molecule has 0 radical (unpaired) electrons. The van der Waals surface area contributed by atoms with Crippen LogP contribution in [0.4, 0.5) is 26.3 Å². The Hall–Kier alpha value is -11.2. The number of benzene rings is 10. The molecule has 0 spiro atoms. The lowest BCUT2D eigenvalue weighted by molar-refractivity contribution is -0.142. The van der Waals surface area contributed by atoms with Gasteiger partial charge in [0.05, 0.1) is 103 Å². The second-order valence-corrected chi connectivity index (χ2v) is 19.0. The third-order valence-corrected chi connectivity index (χ3v) is 14.6. The molecule has 0 amide bonds. The van der Waals surface area contributed by atoms with Crippen LogP contribution >= 0.6 is 0 Å². The molecule has 2 aromatic heterocycles. The molecule has 0 saturated heterocycles. The summed E-state index contributed by atoms with van der Waals surface area (Å²) in [6.07, 6.45) is -10.5. The minimum absolute atomic E-state index is 0.0521. The minimum Gasteiger partial charge on any atom is -0.307 e. The second kappa shape index (κ2) is 19.1. The van der Waals surface area contributed by atoms with Gasteiger partial charge in [-0.2, -0.15) is 52.7 Å². The summed E-state index contributed by atoms with van der Waals surface area (Å²) in [5.74, 6) is 0. The molecule has 0 bridgehead atoms. The molecule has 12 aromatic rings. The van der Waals surface area contributed by atoms with Crippen LogP contribution in [0.25, 0.3) is 111 Å². The highest BCUT2D eigenvalue weighted by molar-refractivity contribution is 6.14. The predicted molar refractivity (Wildman–Crippen MR) is 296 cm³/mol. The molecule has 10 aromatic carbocycles.